The zero-order chi connectivity index (χ0) is 24.0. The first kappa shape index (κ1) is 22.0. The molecule has 35 heavy (non-hydrogen) atoms. The predicted octanol–water partition coefficient (Wildman–Crippen LogP) is 6.56. The summed E-state index contributed by atoms with van der Waals surface area (Å²) < 4.78 is 0. The minimum absolute atomic E-state index is 0.343. The van der Waals surface area contributed by atoms with Gasteiger partial charge in [0, 0.05) is 5.56 Å². The summed E-state index contributed by atoms with van der Waals surface area (Å²) in [6.07, 6.45) is 0. The van der Waals surface area contributed by atoms with Crippen LogP contribution >= 0.6 is 0 Å². The summed E-state index contributed by atoms with van der Waals surface area (Å²) in [7, 11) is 0. The van der Waals surface area contributed by atoms with Crippen molar-refractivity contribution < 1.29 is 4.79 Å². The van der Waals surface area contributed by atoms with Gasteiger partial charge >= 0.3 is 0 Å². The number of hydrogen-bond donors (Lipinski definition) is 2. The average molecular weight is 457 g/mol. The molecule has 0 fully saturated rings. The van der Waals surface area contributed by atoms with E-state index in [1.165, 1.54) is 0 Å². The van der Waals surface area contributed by atoms with Gasteiger partial charge in [0.05, 0.1) is 11.4 Å². The van der Waals surface area contributed by atoms with Crippen LogP contribution in [0, 0.1) is 0 Å². The van der Waals surface area contributed by atoms with Crippen molar-refractivity contribution in [3.63, 3.8) is 0 Å². The molecular formula is C30H24N4O. The molecule has 5 heteroatoms. The van der Waals surface area contributed by atoms with Gasteiger partial charge in [0.25, 0.3) is 5.91 Å². The molecule has 0 radical (unpaired) electrons. The summed E-state index contributed by atoms with van der Waals surface area (Å²) in [5, 5.41) is 11.4. The van der Waals surface area contributed by atoms with Crippen molar-refractivity contribution in [3.05, 3.63) is 127 Å². The summed E-state index contributed by atoms with van der Waals surface area (Å²) in [6, 6.07) is 38.3. The van der Waals surface area contributed by atoms with E-state index < -0.39 is 0 Å². The number of rotatable bonds is 6. The zero-order valence-corrected chi connectivity index (χ0v) is 19.3. The summed E-state index contributed by atoms with van der Waals surface area (Å²) in [5.74, 6) is -0.343. The highest BCUT2D eigenvalue weighted by Crippen LogP contribution is 2.24. The van der Waals surface area contributed by atoms with Gasteiger partial charge in [0.2, 0.25) is 0 Å². The van der Waals surface area contributed by atoms with Crippen LogP contribution in [0.1, 0.15) is 23.0 Å². The fourth-order valence-corrected chi connectivity index (χ4v) is 3.84. The number of aromatic amines is 1. The Morgan fingerprint density at radius 2 is 1.17 bits per heavy atom. The van der Waals surface area contributed by atoms with E-state index in [2.05, 4.69) is 69.3 Å². The number of benzene rings is 4. The second kappa shape index (κ2) is 10.0. The van der Waals surface area contributed by atoms with Gasteiger partial charge in [0.1, 0.15) is 5.69 Å². The second-order valence-corrected chi connectivity index (χ2v) is 8.19. The van der Waals surface area contributed by atoms with Crippen LogP contribution in [-0.4, -0.2) is 21.8 Å². The molecule has 0 aliphatic carbocycles. The van der Waals surface area contributed by atoms with E-state index in [1.807, 2.05) is 67.6 Å². The van der Waals surface area contributed by atoms with E-state index in [9.17, 15) is 4.79 Å². The number of hydrazone groups is 1. The Labute approximate surface area is 204 Å². The van der Waals surface area contributed by atoms with Crippen LogP contribution in [0.4, 0.5) is 0 Å². The third-order valence-corrected chi connectivity index (χ3v) is 5.85. The molecule has 1 aromatic heterocycles. The normalized spacial score (nSPS) is 11.3. The van der Waals surface area contributed by atoms with Crippen LogP contribution < -0.4 is 5.43 Å². The Hall–Kier alpha value is -4.77. The molecule has 1 heterocycles. The SMILES string of the molecule is CC(=NNC(=O)c1cc(-c2ccc(-c3ccccc3)cc2)n[nH]1)c1ccc(-c2ccccc2)cc1. The molecule has 170 valence electrons. The van der Waals surface area contributed by atoms with Crippen LogP contribution in [0.25, 0.3) is 33.5 Å². The lowest BCUT2D eigenvalue weighted by atomic mass is 10.0. The molecule has 5 aromatic rings. The van der Waals surface area contributed by atoms with E-state index in [0.29, 0.717) is 17.1 Å². The first-order valence-corrected chi connectivity index (χ1v) is 11.4. The van der Waals surface area contributed by atoms with Crippen molar-refractivity contribution in [1.29, 1.82) is 0 Å². The maximum Gasteiger partial charge on any atom is 0.289 e. The Balaban J connectivity index is 1.24. The Bertz CT molecular complexity index is 1450. The summed E-state index contributed by atoms with van der Waals surface area (Å²) in [4.78, 5) is 12.6. The molecule has 1 amide bonds. The van der Waals surface area contributed by atoms with Crippen LogP contribution in [0.3, 0.4) is 0 Å². The highest BCUT2D eigenvalue weighted by molar-refractivity contribution is 6.01. The van der Waals surface area contributed by atoms with Crippen molar-refractivity contribution >= 4 is 11.6 Å². The van der Waals surface area contributed by atoms with Crippen LogP contribution in [0.15, 0.2) is 120 Å². The quantitative estimate of drug-likeness (QED) is 0.224. The highest BCUT2D eigenvalue weighted by atomic mass is 16.2. The Morgan fingerprint density at radius 3 is 1.74 bits per heavy atom. The number of carbonyl (C=O) groups excluding carboxylic acids is 1. The van der Waals surface area contributed by atoms with Gasteiger partial charge in [-0.15, -0.1) is 0 Å². The first-order chi connectivity index (χ1) is 17.2. The standard InChI is InChI=1S/C30H24N4O/c1-21(22-12-14-25(15-13-22)23-8-4-2-5-9-23)31-34-30(35)29-20-28(32-33-29)27-18-16-26(17-19-27)24-10-6-3-7-11-24/h2-20H,1H3,(H,32,33)(H,34,35). The molecule has 2 N–H and O–H groups in total. The lowest BCUT2D eigenvalue weighted by Crippen LogP contribution is -2.19. The summed E-state index contributed by atoms with van der Waals surface area (Å²) in [5.41, 5.74) is 10.8. The monoisotopic (exact) mass is 456 g/mol. The Morgan fingerprint density at radius 1 is 0.686 bits per heavy atom. The van der Waals surface area contributed by atoms with E-state index in [-0.39, 0.29) is 5.91 Å². The number of H-pyrrole nitrogens is 1. The van der Waals surface area contributed by atoms with Crippen LogP contribution in [-0.2, 0) is 0 Å². The lowest BCUT2D eigenvalue weighted by Gasteiger charge is -2.05. The third kappa shape index (κ3) is 5.09. The number of hydrogen-bond acceptors (Lipinski definition) is 3. The van der Waals surface area contributed by atoms with Gasteiger partial charge in [0.15, 0.2) is 0 Å². The largest absolute Gasteiger partial charge is 0.289 e. The predicted molar refractivity (Wildman–Crippen MR) is 141 cm³/mol. The van der Waals surface area contributed by atoms with Gasteiger partial charge in [-0.25, -0.2) is 5.43 Å². The first-order valence-electron chi connectivity index (χ1n) is 11.4. The molecule has 5 rings (SSSR count). The number of nitrogens with zero attached hydrogens (tertiary/aromatic N) is 2. The van der Waals surface area contributed by atoms with Crippen LogP contribution in [0.2, 0.25) is 0 Å². The third-order valence-electron chi connectivity index (χ3n) is 5.85. The fourth-order valence-electron chi connectivity index (χ4n) is 3.84. The van der Waals surface area contributed by atoms with Crippen molar-refractivity contribution in [3.8, 4) is 33.5 Å². The zero-order valence-electron chi connectivity index (χ0n) is 19.3. The van der Waals surface area contributed by atoms with Crippen molar-refractivity contribution in [2.45, 2.75) is 6.92 Å². The van der Waals surface area contributed by atoms with Crippen molar-refractivity contribution in [1.82, 2.24) is 15.6 Å². The molecule has 0 aliphatic rings. The molecule has 0 aliphatic heterocycles. The van der Waals surface area contributed by atoms with E-state index in [4.69, 9.17) is 0 Å². The average Bonchev–Trinajstić information content (AvgIpc) is 3.43. The molecule has 0 saturated carbocycles. The van der Waals surface area contributed by atoms with E-state index >= 15 is 0 Å². The van der Waals surface area contributed by atoms with Gasteiger partial charge in [-0.05, 0) is 40.8 Å². The van der Waals surface area contributed by atoms with E-state index in [0.717, 1.165) is 33.4 Å². The minimum atomic E-state index is -0.343. The Kier molecular flexibility index (Phi) is 6.31. The topological polar surface area (TPSA) is 70.1 Å². The maximum atomic E-state index is 12.6. The molecule has 0 unspecified atom stereocenters. The van der Waals surface area contributed by atoms with Gasteiger partial charge < -0.3 is 0 Å². The number of aromatic nitrogens is 2. The number of amides is 1. The molecule has 0 atom stereocenters. The summed E-state index contributed by atoms with van der Waals surface area (Å²) >= 11 is 0. The molecule has 0 saturated heterocycles. The smallest absolute Gasteiger partial charge is 0.272 e. The molecule has 0 spiro atoms. The maximum absolute atomic E-state index is 12.6. The molecule has 5 nitrogen and oxygen atoms in total. The lowest BCUT2D eigenvalue weighted by molar-refractivity contribution is 0.0950. The van der Waals surface area contributed by atoms with Crippen LogP contribution in [0.5, 0.6) is 0 Å². The number of carbonyl (C=O) groups is 1. The molecule has 0 bridgehead atoms. The van der Waals surface area contributed by atoms with Gasteiger partial charge in [-0.2, -0.15) is 10.2 Å². The summed E-state index contributed by atoms with van der Waals surface area (Å²) in [6.45, 7) is 1.87. The number of nitrogens with one attached hydrogen (secondary N) is 2. The van der Waals surface area contributed by atoms with E-state index in [1.54, 1.807) is 6.07 Å². The second-order valence-electron chi connectivity index (χ2n) is 8.19. The van der Waals surface area contributed by atoms with Crippen molar-refractivity contribution in [2.24, 2.45) is 5.10 Å². The van der Waals surface area contributed by atoms with Crippen molar-refractivity contribution in [2.75, 3.05) is 0 Å². The van der Waals surface area contributed by atoms with Gasteiger partial charge in [-0.1, -0.05) is 109 Å². The molecule has 4 aromatic carbocycles. The fraction of sp³-hybridized carbons (Fsp3) is 0.0333. The molecular weight excluding hydrogens is 432 g/mol. The van der Waals surface area contributed by atoms with Gasteiger partial charge in [-0.3, -0.25) is 9.89 Å². The highest BCUT2D eigenvalue weighted by Gasteiger charge is 2.11. The minimum Gasteiger partial charge on any atom is -0.272 e.